The van der Waals surface area contributed by atoms with Crippen LogP contribution >= 0.6 is 11.3 Å². The molecule has 19 heavy (non-hydrogen) atoms. The van der Waals surface area contributed by atoms with Gasteiger partial charge in [-0.15, -0.1) is 11.3 Å². The van der Waals surface area contributed by atoms with Crippen molar-refractivity contribution in [2.75, 3.05) is 19.7 Å². The van der Waals surface area contributed by atoms with Gasteiger partial charge in [-0.3, -0.25) is 4.90 Å². The van der Waals surface area contributed by atoms with Crippen LogP contribution in [0.1, 0.15) is 30.5 Å². The summed E-state index contributed by atoms with van der Waals surface area (Å²) in [7, 11) is 0. The molecule has 0 aliphatic carbocycles. The average Bonchev–Trinajstić information content (AvgIpc) is 2.86. The third kappa shape index (κ3) is 4.02. The molecule has 1 aliphatic rings. The van der Waals surface area contributed by atoms with Gasteiger partial charge in [-0.2, -0.15) is 0 Å². The molecule has 1 aromatic rings. The molecule has 1 saturated heterocycles. The van der Waals surface area contributed by atoms with Gasteiger partial charge >= 0.3 is 0 Å². The molecule has 3 nitrogen and oxygen atoms in total. The van der Waals surface area contributed by atoms with Gasteiger partial charge in [-0.25, -0.2) is 0 Å². The Kier molecular flexibility index (Phi) is 5.39. The van der Waals surface area contributed by atoms with Crippen molar-refractivity contribution in [2.24, 2.45) is 5.73 Å². The summed E-state index contributed by atoms with van der Waals surface area (Å²) in [6.45, 7) is 9.47. The number of ether oxygens (including phenoxy) is 1. The molecule has 0 saturated carbocycles. The summed E-state index contributed by atoms with van der Waals surface area (Å²) < 4.78 is 5.86. The van der Waals surface area contributed by atoms with E-state index in [1.165, 1.54) is 9.75 Å². The molecule has 1 aromatic heterocycles. The van der Waals surface area contributed by atoms with E-state index in [9.17, 15) is 0 Å². The highest BCUT2D eigenvalue weighted by molar-refractivity contribution is 7.11. The Hall–Kier alpha value is -0.420. The van der Waals surface area contributed by atoms with Crippen LogP contribution in [-0.4, -0.2) is 42.8 Å². The van der Waals surface area contributed by atoms with Crippen LogP contribution in [0.25, 0.3) is 0 Å². The third-order valence-electron chi connectivity index (χ3n) is 3.84. The van der Waals surface area contributed by atoms with Crippen molar-refractivity contribution in [2.45, 2.75) is 51.8 Å². The lowest BCUT2D eigenvalue weighted by Gasteiger charge is -2.37. The molecular weight excluding hydrogens is 256 g/mol. The standard InChI is InChI=1S/C15H26N2OS/c1-4-12-5-6-13(19-12)9-14(16)15-10-17(11(2)3)7-8-18-15/h5-6,11,14-15H,4,7-10,16H2,1-3H3. The highest BCUT2D eigenvalue weighted by Gasteiger charge is 2.27. The molecular formula is C15H26N2OS. The van der Waals surface area contributed by atoms with Gasteiger partial charge < -0.3 is 10.5 Å². The van der Waals surface area contributed by atoms with Gasteiger partial charge in [0.2, 0.25) is 0 Å². The van der Waals surface area contributed by atoms with Crippen molar-refractivity contribution < 1.29 is 4.74 Å². The van der Waals surface area contributed by atoms with E-state index in [2.05, 4.69) is 37.8 Å². The highest BCUT2D eigenvalue weighted by atomic mass is 32.1. The van der Waals surface area contributed by atoms with Crippen molar-refractivity contribution in [1.29, 1.82) is 0 Å². The van der Waals surface area contributed by atoms with E-state index >= 15 is 0 Å². The Labute approximate surface area is 120 Å². The van der Waals surface area contributed by atoms with Crippen LogP contribution < -0.4 is 5.73 Å². The zero-order valence-corrected chi connectivity index (χ0v) is 13.1. The largest absolute Gasteiger partial charge is 0.374 e. The topological polar surface area (TPSA) is 38.5 Å². The Morgan fingerprint density at radius 2 is 2.16 bits per heavy atom. The first kappa shape index (κ1) is 15.0. The van der Waals surface area contributed by atoms with Gasteiger partial charge in [0.05, 0.1) is 12.7 Å². The minimum atomic E-state index is 0.102. The van der Waals surface area contributed by atoms with Crippen molar-refractivity contribution >= 4 is 11.3 Å². The normalized spacial score (nSPS) is 22.9. The maximum atomic E-state index is 6.35. The predicted molar refractivity (Wildman–Crippen MR) is 81.8 cm³/mol. The third-order valence-corrected chi connectivity index (χ3v) is 5.09. The molecule has 0 amide bonds. The van der Waals surface area contributed by atoms with E-state index in [-0.39, 0.29) is 12.1 Å². The second-order valence-corrected chi connectivity index (χ2v) is 6.84. The van der Waals surface area contributed by atoms with Crippen molar-refractivity contribution in [3.8, 4) is 0 Å². The van der Waals surface area contributed by atoms with Gasteiger partial charge in [0.15, 0.2) is 0 Å². The SMILES string of the molecule is CCc1ccc(CC(N)C2CN(C(C)C)CCO2)s1. The fourth-order valence-electron chi connectivity index (χ4n) is 2.51. The predicted octanol–water partition coefficient (Wildman–Crippen LogP) is 2.29. The first-order valence-electron chi connectivity index (χ1n) is 7.29. The Balaban J connectivity index is 1.90. The second-order valence-electron chi connectivity index (χ2n) is 5.59. The van der Waals surface area contributed by atoms with Crippen LogP contribution in [0.3, 0.4) is 0 Å². The summed E-state index contributed by atoms with van der Waals surface area (Å²) in [4.78, 5) is 5.28. The Morgan fingerprint density at radius 3 is 2.79 bits per heavy atom. The van der Waals surface area contributed by atoms with Crippen molar-refractivity contribution in [3.05, 3.63) is 21.9 Å². The molecule has 1 fully saturated rings. The number of morpholine rings is 1. The summed E-state index contributed by atoms with van der Waals surface area (Å²) >= 11 is 1.88. The molecule has 2 atom stereocenters. The molecule has 0 aromatic carbocycles. The summed E-state index contributed by atoms with van der Waals surface area (Å²) in [5.41, 5.74) is 6.35. The quantitative estimate of drug-likeness (QED) is 0.900. The number of nitrogens with zero attached hydrogens (tertiary/aromatic N) is 1. The zero-order chi connectivity index (χ0) is 13.8. The van der Waals surface area contributed by atoms with Gasteiger partial charge in [-0.1, -0.05) is 6.92 Å². The molecule has 108 valence electrons. The molecule has 0 bridgehead atoms. The second kappa shape index (κ2) is 6.84. The number of hydrogen-bond donors (Lipinski definition) is 1. The maximum absolute atomic E-state index is 6.35. The van der Waals surface area contributed by atoms with Crippen LogP contribution in [0.2, 0.25) is 0 Å². The van der Waals surface area contributed by atoms with Gasteiger partial charge in [0.1, 0.15) is 0 Å². The van der Waals surface area contributed by atoms with Crippen molar-refractivity contribution in [3.63, 3.8) is 0 Å². The van der Waals surface area contributed by atoms with Crippen LogP contribution in [0, 0.1) is 0 Å². The minimum absolute atomic E-state index is 0.102. The van der Waals surface area contributed by atoms with Crippen LogP contribution in [0.15, 0.2) is 12.1 Å². The zero-order valence-electron chi connectivity index (χ0n) is 12.3. The molecule has 2 heterocycles. The minimum Gasteiger partial charge on any atom is -0.374 e. The molecule has 0 spiro atoms. The fourth-order valence-corrected chi connectivity index (χ4v) is 3.54. The van der Waals surface area contributed by atoms with Crippen LogP contribution in [0.5, 0.6) is 0 Å². The summed E-state index contributed by atoms with van der Waals surface area (Å²) in [5, 5.41) is 0. The number of thiophene rings is 1. The van der Waals surface area contributed by atoms with Gasteiger partial charge in [0, 0.05) is 34.9 Å². The molecule has 1 aliphatic heterocycles. The summed E-state index contributed by atoms with van der Waals surface area (Å²) in [6.07, 6.45) is 2.21. The molecule has 2 rings (SSSR count). The van der Waals surface area contributed by atoms with Crippen LogP contribution in [0.4, 0.5) is 0 Å². The number of hydrogen-bond acceptors (Lipinski definition) is 4. The summed E-state index contributed by atoms with van der Waals surface area (Å²) in [5.74, 6) is 0. The number of aryl methyl sites for hydroxylation is 1. The Bertz CT molecular complexity index is 391. The van der Waals surface area contributed by atoms with E-state index in [1.807, 2.05) is 11.3 Å². The van der Waals surface area contributed by atoms with E-state index < -0.39 is 0 Å². The number of rotatable bonds is 5. The van der Waals surface area contributed by atoms with Crippen molar-refractivity contribution in [1.82, 2.24) is 4.90 Å². The lowest BCUT2D eigenvalue weighted by Crippen LogP contribution is -2.53. The number of nitrogens with two attached hydrogens (primary N) is 1. The summed E-state index contributed by atoms with van der Waals surface area (Å²) in [6, 6.07) is 5.11. The molecule has 0 radical (unpaired) electrons. The first-order valence-corrected chi connectivity index (χ1v) is 8.10. The van der Waals surface area contributed by atoms with Crippen LogP contribution in [-0.2, 0) is 17.6 Å². The highest BCUT2D eigenvalue weighted by Crippen LogP contribution is 2.20. The lowest BCUT2D eigenvalue weighted by molar-refractivity contribution is -0.0494. The maximum Gasteiger partial charge on any atom is 0.0856 e. The lowest BCUT2D eigenvalue weighted by atomic mass is 10.0. The Morgan fingerprint density at radius 1 is 1.42 bits per heavy atom. The van der Waals surface area contributed by atoms with E-state index in [1.54, 1.807) is 0 Å². The molecule has 2 N–H and O–H groups in total. The smallest absolute Gasteiger partial charge is 0.0856 e. The van der Waals surface area contributed by atoms with E-state index in [4.69, 9.17) is 10.5 Å². The fraction of sp³-hybridized carbons (Fsp3) is 0.733. The molecule has 4 heteroatoms. The first-order chi connectivity index (χ1) is 9.10. The van der Waals surface area contributed by atoms with E-state index in [0.29, 0.717) is 6.04 Å². The average molecular weight is 282 g/mol. The van der Waals surface area contributed by atoms with E-state index in [0.717, 1.165) is 32.5 Å². The van der Waals surface area contributed by atoms with Gasteiger partial charge in [-0.05, 0) is 38.8 Å². The monoisotopic (exact) mass is 282 g/mol. The molecule has 2 unspecified atom stereocenters. The van der Waals surface area contributed by atoms with Gasteiger partial charge in [0.25, 0.3) is 0 Å².